The van der Waals surface area contributed by atoms with Gasteiger partial charge in [-0.3, -0.25) is 34.2 Å². The quantitative estimate of drug-likeness (QED) is 0.661. The molecule has 3 aliphatic rings. The fraction of sp³-hybridized carbons (Fsp3) is 0.421. The third-order valence-corrected chi connectivity index (χ3v) is 5.33. The Hall–Kier alpha value is -3.27. The molecule has 0 spiro atoms. The molecule has 0 aliphatic carbocycles. The number of rotatable bonds is 4. The average Bonchev–Trinajstić information content (AvgIpc) is 2.93. The summed E-state index contributed by atoms with van der Waals surface area (Å²) in [6, 6.07) is 3.84. The van der Waals surface area contributed by atoms with E-state index in [4.69, 9.17) is 9.84 Å². The van der Waals surface area contributed by atoms with Crippen LogP contribution in [0.4, 0.5) is 5.69 Å². The van der Waals surface area contributed by atoms with E-state index in [1.54, 1.807) is 12.1 Å². The number of nitrogens with zero attached hydrogens (tertiary/aromatic N) is 2. The summed E-state index contributed by atoms with van der Waals surface area (Å²) in [7, 11) is 0. The SMILES string of the molecule is O=C(O)CC1CN(c2cccc3c2C(=O)N(C2CCC(=O)NC2=O)C3=O)CCO1. The molecule has 2 atom stereocenters. The van der Waals surface area contributed by atoms with Crippen LogP contribution in [0.15, 0.2) is 18.2 Å². The monoisotopic (exact) mass is 401 g/mol. The number of amides is 4. The summed E-state index contributed by atoms with van der Waals surface area (Å²) in [5.41, 5.74) is 0.894. The lowest BCUT2D eigenvalue weighted by molar-refractivity contribution is -0.140. The van der Waals surface area contributed by atoms with Crippen LogP contribution in [0, 0.1) is 0 Å². The van der Waals surface area contributed by atoms with Crippen LogP contribution < -0.4 is 10.2 Å². The zero-order chi connectivity index (χ0) is 20.7. The number of hydrogen-bond donors (Lipinski definition) is 2. The standard InChI is InChI=1S/C19H19N3O7/c23-14-5-4-13(17(26)20-14)22-18(27)11-2-1-3-12(16(11)19(22)28)21-6-7-29-10(9-21)8-15(24)25/h1-3,10,13H,4-9H2,(H,24,25)(H,20,23,26). The Morgan fingerprint density at radius 1 is 1.21 bits per heavy atom. The Balaban J connectivity index is 1.64. The largest absolute Gasteiger partial charge is 0.481 e. The molecule has 4 amide bonds. The van der Waals surface area contributed by atoms with Crippen molar-refractivity contribution in [1.82, 2.24) is 10.2 Å². The molecule has 0 bridgehead atoms. The zero-order valence-electron chi connectivity index (χ0n) is 15.4. The van der Waals surface area contributed by atoms with Crippen molar-refractivity contribution in [1.29, 1.82) is 0 Å². The first-order chi connectivity index (χ1) is 13.9. The smallest absolute Gasteiger partial charge is 0.306 e. The van der Waals surface area contributed by atoms with Crippen LogP contribution in [-0.2, 0) is 19.1 Å². The Morgan fingerprint density at radius 3 is 2.72 bits per heavy atom. The number of anilines is 1. The Kier molecular flexibility index (Phi) is 4.79. The highest BCUT2D eigenvalue weighted by molar-refractivity contribution is 6.25. The summed E-state index contributed by atoms with van der Waals surface area (Å²) < 4.78 is 5.48. The fourth-order valence-electron chi connectivity index (χ4n) is 4.02. The second kappa shape index (κ2) is 7.28. The maximum atomic E-state index is 13.1. The van der Waals surface area contributed by atoms with E-state index in [2.05, 4.69) is 5.32 Å². The molecule has 29 heavy (non-hydrogen) atoms. The number of carboxylic acids is 1. The van der Waals surface area contributed by atoms with Crippen molar-refractivity contribution in [3.8, 4) is 0 Å². The minimum Gasteiger partial charge on any atom is -0.481 e. The number of fused-ring (bicyclic) bond motifs is 1. The maximum absolute atomic E-state index is 13.1. The Morgan fingerprint density at radius 2 is 2.00 bits per heavy atom. The van der Waals surface area contributed by atoms with Gasteiger partial charge in [0.05, 0.1) is 35.9 Å². The van der Waals surface area contributed by atoms with Crippen molar-refractivity contribution in [2.24, 2.45) is 0 Å². The van der Waals surface area contributed by atoms with Gasteiger partial charge >= 0.3 is 5.97 Å². The number of morpholine rings is 1. The van der Waals surface area contributed by atoms with Gasteiger partial charge in [-0.1, -0.05) is 6.07 Å². The molecule has 152 valence electrons. The molecule has 10 nitrogen and oxygen atoms in total. The number of benzene rings is 1. The molecule has 0 saturated carbocycles. The molecule has 2 N–H and O–H groups in total. The summed E-state index contributed by atoms with van der Waals surface area (Å²) >= 11 is 0. The highest BCUT2D eigenvalue weighted by atomic mass is 16.5. The van der Waals surface area contributed by atoms with E-state index in [0.29, 0.717) is 18.8 Å². The molecule has 0 aromatic heterocycles. The second-order valence-electron chi connectivity index (χ2n) is 7.18. The number of carbonyl (C=O) groups is 5. The van der Waals surface area contributed by atoms with Gasteiger partial charge in [0.2, 0.25) is 11.8 Å². The van der Waals surface area contributed by atoms with Crippen LogP contribution in [0.3, 0.4) is 0 Å². The van der Waals surface area contributed by atoms with Gasteiger partial charge in [0.1, 0.15) is 6.04 Å². The Labute approximate surface area is 165 Å². The number of nitrogens with one attached hydrogen (secondary N) is 1. The van der Waals surface area contributed by atoms with Crippen molar-refractivity contribution in [3.05, 3.63) is 29.3 Å². The van der Waals surface area contributed by atoms with E-state index in [-0.39, 0.29) is 36.9 Å². The molecule has 2 fully saturated rings. The van der Waals surface area contributed by atoms with Crippen LogP contribution in [0.1, 0.15) is 40.0 Å². The van der Waals surface area contributed by atoms with E-state index < -0.39 is 41.7 Å². The molecule has 0 radical (unpaired) electrons. The molecule has 4 rings (SSSR count). The van der Waals surface area contributed by atoms with Gasteiger partial charge in [-0.15, -0.1) is 0 Å². The van der Waals surface area contributed by atoms with Crippen molar-refractivity contribution in [2.45, 2.75) is 31.4 Å². The first kappa shape index (κ1) is 19.1. The lowest BCUT2D eigenvalue weighted by Crippen LogP contribution is -2.54. The van der Waals surface area contributed by atoms with Gasteiger partial charge in [0.25, 0.3) is 11.8 Å². The third-order valence-electron chi connectivity index (χ3n) is 5.33. The van der Waals surface area contributed by atoms with Crippen molar-refractivity contribution >= 4 is 35.3 Å². The highest BCUT2D eigenvalue weighted by Crippen LogP contribution is 2.35. The van der Waals surface area contributed by atoms with Gasteiger partial charge in [0.15, 0.2) is 0 Å². The van der Waals surface area contributed by atoms with Gasteiger partial charge in [0, 0.05) is 19.5 Å². The summed E-state index contributed by atoms with van der Waals surface area (Å²) in [6.45, 7) is 0.996. The zero-order valence-corrected chi connectivity index (χ0v) is 15.4. The van der Waals surface area contributed by atoms with E-state index in [1.807, 2.05) is 4.90 Å². The lowest BCUT2D eigenvalue weighted by atomic mass is 10.0. The van der Waals surface area contributed by atoms with E-state index in [0.717, 1.165) is 4.90 Å². The normalized spacial score (nSPS) is 24.6. The molecule has 10 heteroatoms. The molecular formula is C19H19N3O7. The van der Waals surface area contributed by atoms with Gasteiger partial charge in [-0.05, 0) is 18.6 Å². The molecule has 3 aliphatic heterocycles. The van der Waals surface area contributed by atoms with Crippen LogP contribution in [0.25, 0.3) is 0 Å². The summed E-state index contributed by atoms with van der Waals surface area (Å²) in [6.07, 6.45) is -0.558. The topological polar surface area (TPSA) is 133 Å². The summed E-state index contributed by atoms with van der Waals surface area (Å²) in [5, 5.41) is 11.2. The maximum Gasteiger partial charge on any atom is 0.306 e. The molecule has 3 heterocycles. The predicted molar refractivity (Wildman–Crippen MR) is 97.3 cm³/mol. The van der Waals surface area contributed by atoms with Crippen molar-refractivity contribution in [3.63, 3.8) is 0 Å². The molecule has 2 unspecified atom stereocenters. The van der Waals surface area contributed by atoms with Crippen LogP contribution >= 0.6 is 0 Å². The number of carbonyl (C=O) groups excluding carboxylic acids is 4. The number of carboxylic acid groups (broad SMARTS) is 1. The number of ether oxygens (including phenoxy) is 1. The minimum absolute atomic E-state index is 0.0526. The van der Waals surface area contributed by atoms with Gasteiger partial charge in [-0.2, -0.15) is 0 Å². The number of hydrogen-bond acceptors (Lipinski definition) is 7. The Bertz CT molecular complexity index is 928. The van der Waals surface area contributed by atoms with Crippen LogP contribution in [0.5, 0.6) is 0 Å². The third kappa shape index (κ3) is 3.35. The molecule has 1 aromatic carbocycles. The molecular weight excluding hydrogens is 382 g/mol. The number of imide groups is 2. The first-order valence-electron chi connectivity index (χ1n) is 9.29. The van der Waals surface area contributed by atoms with E-state index in [1.165, 1.54) is 6.07 Å². The number of aliphatic carboxylic acids is 1. The van der Waals surface area contributed by atoms with E-state index in [9.17, 15) is 24.0 Å². The first-order valence-corrected chi connectivity index (χ1v) is 9.29. The molecule has 2 saturated heterocycles. The second-order valence-corrected chi connectivity index (χ2v) is 7.18. The molecule has 1 aromatic rings. The minimum atomic E-state index is -1.03. The highest BCUT2D eigenvalue weighted by Gasteiger charge is 2.46. The van der Waals surface area contributed by atoms with Crippen LogP contribution in [-0.4, -0.2) is 71.4 Å². The fourth-order valence-corrected chi connectivity index (χ4v) is 4.02. The van der Waals surface area contributed by atoms with E-state index >= 15 is 0 Å². The lowest BCUT2D eigenvalue weighted by Gasteiger charge is -2.34. The van der Waals surface area contributed by atoms with Gasteiger partial charge in [-0.25, -0.2) is 0 Å². The van der Waals surface area contributed by atoms with Crippen molar-refractivity contribution < 1.29 is 33.8 Å². The predicted octanol–water partition coefficient (Wildman–Crippen LogP) is -0.232. The number of piperidine rings is 1. The van der Waals surface area contributed by atoms with Gasteiger partial charge < -0.3 is 14.7 Å². The summed E-state index contributed by atoms with van der Waals surface area (Å²) in [5.74, 6) is -3.23. The van der Waals surface area contributed by atoms with Crippen LogP contribution in [0.2, 0.25) is 0 Å². The average molecular weight is 401 g/mol. The summed E-state index contributed by atoms with van der Waals surface area (Å²) in [4.78, 5) is 63.4. The van der Waals surface area contributed by atoms with Crippen molar-refractivity contribution in [2.75, 3.05) is 24.6 Å².